The molecule has 0 unspecified atom stereocenters. The summed E-state index contributed by atoms with van der Waals surface area (Å²) in [6.45, 7) is 4.11. The second-order valence-corrected chi connectivity index (χ2v) is 7.00. The van der Waals surface area contributed by atoms with Crippen LogP contribution in [0.5, 0.6) is 0 Å². The summed E-state index contributed by atoms with van der Waals surface area (Å²) in [4.78, 5) is 0.151. The van der Waals surface area contributed by atoms with Crippen molar-refractivity contribution < 1.29 is 8.42 Å². The number of halogens is 1. The van der Waals surface area contributed by atoms with Crippen molar-refractivity contribution in [2.75, 3.05) is 12.0 Å². The summed E-state index contributed by atoms with van der Waals surface area (Å²) in [6.07, 6.45) is 3.00. The first kappa shape index (κ1) is 13.9. The van der Waals surface area contributed by atoms with Gasteiger partial charge in [0.25, 0.3) is 9.05 Å². The minimum Gasteiger partial charge on any atom is -0.268 e. The molecular formula is C9H15ClN2O2S2. The van der Waals surface area contributed by atoms with Crippen molar-refractivity contribution in [3.05, 3.63) is 11.4 Å². The molecule has 0 N–H and O–H groups in total. The number of thioether (sulfide) groups is 1. The summed E-state index contributed by atoms with van der Waals surface area (Å²) < 4.78 is 24.4. The number of nitrogens with zero attached hydrogens (tertiary/aromatic N) is 2. The van der Waals surface area contributed by atoms with Crippen molar-refractivity contribution in [1.29, 1.82) is 0 Å². The molecule has 0 aliphatic carbocycles. The maximum absolute atomic E-state index is 11.3. The van der Waals surface area contributed by atoms with Crippen LogP contribution in [0.25, 0.3) is 0 Å². The van der Waals surface area contributed by atoms with Gasteiger partial charge in [-0.3, -0.25) is 4.68 Å². The Bertz CT molecular complexity index is 468. The molecule has 0 bridgehead atoms. The highest BCUT2D eigenvalue weighted by molar-refractivity contribution is 8.13. The number of rotatable bonds is 5. The average molecular weight is 283 g/mol. The zero-order chi connectivity index (χ0) is 12.3. The standard InChI is InChI=1S/C9H15ClN2O2S2/c1-7-9(16(10,13)14)8(2)12(11-7)5-4-6-15-3/h4-6H2,1-3H3. The van der Waals surface area contributed by atoms with Crippen LogP contribution < -0.4 is 0 Å². The maximum Gasteiger partial charge on any atom is 0.264 e. The Labute approximate surface area is 105 Å². The van der Waals surface area contributed by atoms with Crippen LogP contribution >= 0.6 is 22.4 Å². The van der Waals surface area contributed by atoms with E-state index in [1.165, 1.54) is 0 Å². The van der Waals surface area contributed by atoms with Crippen LogP contribution in [0.2, 0.25) is 0 Å². The summed E-state index contributed by atoms with van der Waals surface area (Å²) >= 11 is 1.76. The Morgan fingerprint density at radius 2 is 2.06 bits per heavy atom. The highest BCUT2D eigenvalue weighted by atomic mass is 35.7. The third-order valence-electron chi connectivity index (χ3n) is 2.28. The van der Waals surface area contributed by atoms with E-state index in [0.717, 1.165) is 18.7 Å². The normalized spacial score (nSPS) is 12.0. The van der Waals surface area contributed by atoms with E-state index in [9.17, 15) is 8.42 Å². The van der Waals surface area contributed by atoms with Gasteiger partial charge < -0.3 is 0 Å². The molecule has 1 aromatic rings. The molecule has 0 radical (unpaired) electrons. The van der Waals surface area contributed by atoms with Gasteiger partial charge in [-0.2, -0.15) is 16.9 Å². The predicted octanol–water partition coefficient (Wildman–Crippen LogP) is 2.18. The van der Waals surface area contributed by atoms with Gasteiger partial charge in [0.1, 0.15) is 4.90 Å². The Kier molecular flexibility index (Phi) is 4.70. The summed E-state index contributed by atoms with van der Waals surface area (Å²) in [7, 11) is 1.67. The molecule has 4 nitrogen and oxygen atoms in total. The van der Waals surface area contributed by atoms with E-state index in [0.29, 0.717) is 11.4 Å². The predicted molar refractivity (Wildman–Crippen MR) is 67.7 cm³/mol. The second-order valence-electron chi connectivity index (χ2n) is 3.51. The molecule has 0 aromatic carbocycles. The maximum atomic E-state index is 11.3. The van der Waals surface area contributed by atoms with Gasteiger partial charge in [0.2, 0.25) is 0 Å². The second kappa shape index (κ2) is 5.42. The van der Waals surface area contributed by atoms with Crippen LogP contribution in [-0.4, -0.2) is 30.2 Å². The number of aromatic nitrogens is 2. The van der Waals surface area contributed by atoms with E-state index in [2.05, 4.69) is 5.10 Å². The van der Waals surface area contributed by atoms with Gasteiger partial charge in [0.05, 0.1) is 11.4 Å². The first-order valence-corrected chi connectivity index (χ1v) is 8.56. The molecule has 0 amide bonds. The van der Waals surface area contributed by atoms with Gasteiger partial charge in [0, 0.05) is 17.2 Å². The Morgan fingerprint density at radius 1 is 1.44 bits per heavy atom. The minimum atomic E-state index is -3.69. The average Bonchev–Trinajstić information content (AvgIpc) is 2.41. The van der Waals surface area contributed by atoms with Gasteiger partial charge in [-0.1, -0.05) is 0 Å². The van der Waals surface area contributed by atoms with Crippen molar-refractivity contribution >= 4 is 31.5 Å². The van der Waals surface area contributed by atoms with Crippen LogP contribution in [0.4, 0.5) is 0 Å². The fourth-order valence-electron chi connectivity index (χ4n) is 1.61. The van der Waals surface area contributed by atoms with Gasteiger partial charge in [-0.15, -0.1) is 0 Å². The molecule has 0 spiro atoms. The molecule has 7 heteroatoms. The molecule has 0 saturated carbocycles. The monoisotopic (exact) mass is 282 g/mol. The lowest BCUT2D eigenvalue weighted by molar-refractivity contribution is 0.583. The van der Waals surface area contributed by atoms with Crippen molar-refractivity contribution in [3.8, 4) is 0 Å². The molecule has 1 heterocycles. The summed E-state index contributed by atoms with van der Waals surface area (Å²) in [5.41, 5.74) is 1.09. The lowest BCUT2D eigenvalue weighted by atomic mass is 10.4. The smallest absolute Gasteiger partial charge is 0.264 e. The highest BCUT2D eigenvalue weighted by Gasteiger charge is 2.21. The van der Waals surface area contributed by atoms with Crippen molar-refractivity contribution in [2.24, 2.45) is 0 Å². The zero-order valence-corrected chi connectivity index (χ0v) is 11.9. The van der Waals surface area contributed by atoms with Gasteiger partial charge >= 0.3 is 0 Å². The quantitative estimate of drug-likeness (QED) is 0.614. The molecule has 1 aromatic heterocycles. The van der Waals surface area contributed by atoms with Gasteiger partial charge in [-0.05, 0) is 32.3 Å². The van der Waals surface area contributed by atoms with E-state index in [4.69, 9.17) is 10.7 Å². The lowest BCUT2D eigenvalue weighted by Gasteiger charge is -2.03. The molecule has 92 valence electrons. The first-order valence-electron chi connectivity index (χ1n) is 4.85. The molecule has 0 aliphatic rings. The summed E-state index contributed by atoms with van der Waals surface area (Å²) in [6, 6.07) is 0. The van der Waals surface area contributed by atoms with Crippen molar-refractivity contribution in [3.63, 3.8) is 0 Å². The van der Waals surface area contributed by atoms with E-state index in [1.54, 1.807) is 30.3 Å². The van der Waals surface area contributed by atoms with E-state index in [-0.39, 0.29) is 4.90 Å². The Hall–Kier alpha value is -0.200. The third-order valence-corrected chi connectivity index (χ3v) is 4.52. The third kappa shape index (κ3) is 3.15. The van der Waals surface area contributed by atoms with Crippen LogP contribution in [-0.2, 0) is 15.6 Å². The molecule has 0 aliphatic heterocycles. The zero-order valence-electron chi connectivity index (χ0n) is 9.53. The summed E-state index contributed by atoms with van der Waals surface area (Å²) in [5.74, 6) is 1.03. The minimum absolute atomic E-state index is 0.151. The fourth-order valence-corrected chi connectivity index (χ4v) is 3.55. The van der Waals surface area contributed by atoms with E-state index >= 15 is 0 Å². The summed E-state index contributed by atoms with van der Waals surface area (Å²) in [5, 5.41) is 4.19. The van der Waals surface area contributed by atoms with E-state index < -0.39 is 9.05 Å². The van der Waals surface area contributed by atoms with Crippen LogP contribution in [0.1, 0.15) is 17.8 Å². The van der Waals surface area contributed by atoms with Crippen LogP contribution in [0, 0.1) is 13.8 Å². The number of hydrogen-bond donors (Lipinski definition) is 0. The molecule has 0 fully saturated rings. The van der Waals surface area contributed by atoms with Crippen LogP contribution in [0.3, 0.4) is 0 Å². The molecule has 1 rings (SSSR count). The Balaban J connectivity index is 2.99. The molecule has 0 saturated heterocycles. The van der Waals surface area contributed by atoms with E-state index in [1.807, 2.05) is 6.26 Å². The number of aryl methyl sites for hydroxylation is 2. The lowest BCUT2D eigenvalue weighted by Crippen LogP contribution is -2.04. The first-order chi connectivity index (χ1) is 7.38. The Morgan fingerprint density at radius 3 is 2.50 bits per heavy atom. The van der Waals surface area contributed by atoms with Crippen LogP contribution in [0.15, 0.2) is 4.90 Å². The van der Waals surface area contributed by atoms with Gasteiger partial charge in [-0.25, -0.2) is 8.42 Å². The van der Waals surface area contributed by atoms with Crippen molar-refractivity contribution in [1.82, 2.24) is 9.78 Å². The largest absolute Gasteiger partial charge is 0.268 e. The van der Waals surface area contributed by atoms with Gasteiger partial charge in [0.15, 0.2) is 0 Å². The van der Waals surface area contributed by atoms with Crippen molar-refractivity contribution in [2.45, 2.75) is 31.7 Å². The SMILES string of the molecule is CSCCCn1nc(C)c(S(=O)(=O)Cl)c1C. The highest BCUT2D eigenvalue weighted by Crippen LogP contribution is 2.23. The number of hydrogen-bond acceptors (Lipinski definition) is 4. The molecule has 0 atom stereocenters. The molecule has 16 heavy (non-hydrogen) atoms. The molecular weight excluding hydrogens is 268 g/mol. The fraction of sp³-hybridized carbons (Fsp3) is 0.667. The topological polar surface area (TPSA) is 52.0 Å².